The molecule has 4 nitrogen and oxygen atoms in total. The highest BCUT2D eigenvalue weighted by molar-refractivity contribution is 7.80. The summed E-state index contributed by atoms with van der Waals surface area (Å²) in [6.45, 7) is 3.98. The van der Waals surface area contributed by atoms with E-state index in [-0.39, 0.29) is 17.9 Å². The van der Waals surface area contributed by atoms with Gasteiger partial charge in [0.1, 0.15) is 5.75 Å². The average molecular weight is 350 g/mol. The molecule has 5 heteroatoms. The highest BCUT2D eigenvalue weighted by atomic mass is 32.1. The number of Topliss-reactive ketones (excluding diaryl/α,β-unsaturated/α-hetero) is 1. The van der Waals surface area contributed by atoms with Crippen molar-refractivity contribution in [2.45, 2.75) is 26.0 Å². The number of nitrogens with one attached hydrogen (secondary N) is 2. The molecular formula is C20H18N2O2S. The van der Waals surface area contributed by atoms with Crippen LogP contribution in [0.1, 0.15) is 41.4 Å². The zero-order valence-electron chi connectivity index (χ0n) is 14.0. The van der Waals surface area contributed by atoms with Crippen LogP contribution in [0.2, 0.25) is 0 Å². The fraction of sp³-hybridized carbons (Fsp3) is 0.200. The highest BCUT2D eigenvalue weighted by Gasteiger charge is 2.38. The number of ether oxygens (including phenoxy) is 1. The molecule has 126 valence electrons. The van der Waals surface area contributed by atoms with E-state index in [0.717, 1.165) is 22.6 Å². The number of benzene rings is 2. The monoisotopic (exact) mass is 350 g/mol. The Morgan fingerprint density at radius 2 is 1.84 bits per heavy atom. The van der Waals surface area contributed by atoms with Crippen molar-refractivity contribution in [2.24, 2.45) is 0 Å². The lowest BCUT2D eigenvalue weighted by Crippen LogP contribution is -2.43. The van der Waals surface area contributed by atoms with Gasteiger partial charge in [-0.25, -0.2) is 0 Å². The van der Waals surface area contributed by atoms with Crippen LogP contribution in [0.3, 0.4) is 0 Å². The van der Waals surface area contributed by atoms with Crippen molar-refractivity contribution in [1.82, 2.24) is 10.6 Å². The van der Waals surface area contributed by atoms with Crippen LogP contribution < -0.4 is 15.4 Å². The number of ketones is 1. The molecule has 1 unspecified atom stereocenters. The van der Waals surface area contributed by atoms with Gasteiger partial charge in [-0.05, 0) is 43.8 Å². The van der Waals surface area contributed by atoms with Gasteiger partial charge in [0.2, 0.25) is 0 Å². The molecule has 2 aromatic rings. The minimum Gasteiger partial charge on any atom is -0.491 e. The standard InChI is InChI=1S/C20H18N2O2S/c1-11(2)24-13-7-5-6-12(10-13)17-16-18(22-20(25)21-17)14-8-3-4-9-15(14)19(16)23/h3-11,17H,1-2H3,(H2,21,22,25). The van der Waals surface area contributed by atoms with Crippen molar-refractivity contribution in [2.75, 3.05) is 0 Å². The number of carbonyl (C=O) groups excluding carboxylic acids is 1. The molecule has 1 aliphatic heterocycles. The Morgan fingerprint density at radius 1 is 1.08 bits per heavy atom. The lowest BCUT2D eigenvalue weighted by Gasteiger charge is -2.28. The molecule has 25 heavy (non-hydrogen) atoms. The molecule has 0 aromatic heterocycles. The van der Waals surface area contributed by atoms with Crippen LogP contribution in [0, 0.1) is 0 Å². The summed E-state index contributed by atoms with van der Waals surface area (Å²) in [5.74, 6) is 0.817. The Morgan fingerprint density at radius 3 is 2.60 bits per heavy atom. The minimum atomic E-state index is -0.292. The fourth-order valence-corrected chi connectivity index (χ4v) is 3.58. The van der Waals surface area contributed by atoms with E-state index >= 15 is 0 Å². The number of hydrogen-bond donors (Lipinski definition) is 2. The predicted molar refractivity (Wildman–Crippen MR) is 102 cm³/mol. The third-order valence-electron chi connectivity index (χ3n) is 4.32. The van der Waals surface area contributed by atoms with Gasteiger partial charge in [-0.3, -0.25) is 4.79 Å². The maximum atomic E-state index is 13.0. The molecule has 0 saturated carbocycles. The van der Waals surface area contributed by atoms with E-state index in [2.05, 4.69) is 10.6 Å². The van der Waals surface area contributed by atoms with Gasteiger partial charge >= 0.3 is 0 Å². The van der Waals surface area contributed by atoms with Crippen molar-refractivity contribution in [3.63, 3.8) is 0 Å². The molecule has 0 radical (unpaired) electrons. The van der Waals surface area contributed by atoms with Gasteiger partial charge in [-0.2, -0.15) is 0 Å². The van der Waals surface area contributed by atoms with Gasteiger partial charge in [0.05, 0.1) is 23.4 Å². The van der Waals surface area contributed by atoms with Crippen LogP contribution in [0.5, 0.6) is 5.75 Å². The third-order valence-corrected chi connectivity index (χ3v) is 4.54. The smallest absolute Gasteiger partial charge is 0.194 e. The summed E-state index contributed by atoms with van der Waals surface area (Å²) < 4.78 is 5.80. The number of hydrogen-bond acceptors (Lipinski definition) is 3. The predicted octanol–water partition coefficient (Wildman–Crippen LogP) is 3.60. The van der Waals surface area contributed by atoms with E-state index in [1.54, 1.807) is 0 Å². The van der Waals surface area contributed by atoms with E-state index in [4.69, 9.17) is 17.0 Å². The summed E-state index contributed by atoms with van der Waals surface area (Å²) in [6.07, 6.45) is 0.0875. The first kappa shape index (κ1) is 15.8. The molecule has 1 heterocycles. The number of fused-ring (bicyclic) bond motifs is 2. The molecule has 4 rings (SSSR count). The van der Waals surface area contributed by atoms with Crippen molar-refractivity contribution >= 4 is 28.8 Å². The molecule has 0 fully saturated rings. The number of carbonyl (C=O) groups is 1. The van der Waals surface area contributed by atoms with E-state index < -0.39 is 0 Å². The van der Waals surface area contributed by atoms with Gasteiger partial charge in [0, 0.05) is 11.1 Å². The average Bonchev–Trinajstić information content (AvgIpc) is 2.87. The van der Waals surface area contributed by atoms with Gasteiger partial charge in [-0.1, -0.05) is 36.4 Å². The van der Waals surface area contributed by atoms with E-state index in [0.29, 0.717) is 16.2 Å². The molecule has 0 bridgehead atoms. The van der Waals surface area contributed by atoms with E-state index in [1.807, 2.05) is 62.4 Å². The summed E-state index contributed by atoms with van der Waals surface area (Å²) in [7, 11) is 0. The summed E-state index contributed by atoms with van der Waals surface area (Å²) in [5, 5.41) is 6.91. The lowest BCUT2D eigenvalue weighted by atomic mass is 9.94. The number of rotatable bonds is 3. The van der Waals surface area contributed by atoms with Gasteiger partial charge < -0.3 is 15.4 Å². The van der Waals surface area contributed by atoms with Crippen LogP contribution in [-0.2, 0) is 0 Å². The summed E-state index contributed by atoms with van der Waals surface area (Å²) in [5.41, 5.74) is 4.09. The molecule has 1 aliphatic carbocycles. The second-order valence-corrected chi connectivity index (χ2v) is 6.84. The Labute approximate surface area is 151 Å². The Bertz CT molecular complexity index is 917. The van der Waals surface area contributed by atoms with Gasteiger partial charge in [0.25, 0.3) is 0 Å². The summed E-state index contributed by atoms with van der Waals surface area (Å²) in [6, 6.07) is 15.1. The number of thiocarbonyl (C=S) groups is 1. The second kappa shape index (κ2) is 6.01. The SMILES string of the molecule is CC(C)Oc1cccc(C2NC(=S)NC3=C2C(=O)c2ccccc23)c1. The summed E-state index contributed by atoms with van der Waals surface area (Å²) in [4.78, 5) is 13.0. The van der Waals surface area contributed by atoms with Crippen LogP contribution in [0.25, 0.3) is 5.70 Å². The van der Waals surface area contributed by atoms with Crippen LogP contribution in [0.4, 0.5) is 0 Å². The molecule has 2 N–H and O–H groups in total. The highest BCUT2D eigenvalue weighted by Crippen LogP contribution is 2.40. The molecule has 1 atom stereocenters. The topological polar surface area (TPSA) is 50.4 Å². The molecule has 0 saturated heterocycles. The largest absolute Gasteiger partial charge is 0.491 e. The fourth-order valence-electron chi connectivity index (χ4n) is 3.36. The zero-order chi connectivity index (χ0) is 17.6. The van der Waals surface area contributed by atoms with E-state index in [9.17, 15) is 4.79 Å². The molecule has 2 aliphatic rings. The Hall–Kier alpha value is -2.66. The van der Waals surface area contributed by atoms with Crippen molar-refractivity contribution < 1.29 is 9.53 Å². The van der Waals surface area contributed by atoms with Crippen molar-refractivity contribution in [3.8, 4) is 5.75 Å². The molecular weight excluding hydrogens is 332 g/mol. The van der Waals surface area contributed by atoms with Crippen LogP contribution in [-0.4, -0.2) is 17.0 Å². The van der Waals surface area contributed by atoms with Gasteiger partial charge in [0.15, 0.2) is 10.9 Å². The van der Waals surface area contributed by atoms with Crippen molar-refractivity contribution in [3.05, 3.63) is 70.8 Å². The zero-order valence-corrected chi connectivity index (χ0v) is 14.8. The normalized spacial score (nSPS) is 18.6. The van der Waals surface area contributed by atoms with Crippen molar-refractivity contribution in [1.29, 1.82) is 0 Å². The second-order valence-electron chi connectivity index (χ2n) is 6.43. The lowest BCUT2D eigenvalue weighted by molar-refractivity contribution is 0.103. The third kappa shape index (κ3) is 2.70. The van der Waals surface area contributed by atoms with Crippen LogP contribution in [0.15, 0.2) is 54.1 Å². The minimum absolute atomic E-state index is 0.0354. The van der Waals surface area contributed by atoms with E-state index in [1.165, 1.54) is 0 Å². The Balaban J connectivity index is 1.80. The molecule has 0 spiro atoms. The first-order chi connectivity index (χ1) is 12.0. The summed E-state index contributed by atoms with van der Waals surface area (Å²) >= 11 is 5.38. The maximum absolute atomic E-state index is 13.0. The van der Waals surface area contributed by atoms with Crippen LogP contribution >= 0.6 is 12.2 Å². The quantitative estimate of drug-likeness (QED) is 0.829. The molecule has 0 amide bonds. The van der Waals surface area contributed by atoms with Gasteiger partial charge in [-0.15, -0.1) is 0 Å². The first-order valence-electron chi connectivity index (χ1n) is 8.27. The first-order valence-corrected chi connectivity index (χ1v) is 8.68. The maximum Gasteiger partial charge on any atom is 0.194 e. The Kier molecular flexibility index (Phi) is 3.81. The molecule has 2 aromatic carbocycles.